The number of ether oxygens (including phenoxy) is 2. The van der Waals surface area contributed by atoms with E-state index in [4.69, 9.17) is 19.7 Å². The van der Waals surface area contributed by atoms with Gasteiger partial charge in [-0.3, -0.25) is 9.59 Å². The third-order valence-corrected chi connectivity index (χ3v) is 1.89. The van der Waals surface area contributed by atoms with Crippen LogP contribution >= 0.6 is 0 Å². The van der Waals surface area contributed by atoms with Crippen molar-refractivity contribution < 1.29 is 38.9 Å². The minimum Gasteiger partial charge on any atom is -0.480 e. The highest BCUT2D eigenvalue weighted by Gasteiger charge is 2.20. The fraction of sp³-hybridized carbons (Fsp3) is 0.733. The summed E-state index contributed by atoms with van der Waals surface area (Å²) < 4.78 is 9.62. The maximum Gasteiger partial charge on any atom is 0.408 e. The molecule has 0 spiro atoms. The van der Waals surface area contributed by atoms with Crippen LogP contribution in [0.3, 0.4) is 0 Å². The summed E-state index contributed by atoms with van der Waals surface area (Å²) in [5.41, 5.74) is -1.20. The third kappa shape index (κ3) is 19.4. The molecule has 10 nitrogen and oxygen atoms in total. The topological polar surface area (TPSA) is 151 Å². The second-order valence-electron chi connectivity index (χ2n) is 6.96. The summed E-state index contributed by atoms with van der Waals surface area (Å²) in [5.74, 6) is -2.19. The molecule has 0 saturated carbocycles. The van der Waals surface area contributed by atoms with Crippen LogP contribution in [0.2, 0.25) is 0 Å². The number of hydrogen-bond acceptors (Lipinski definition) is 6. The van der Waals surface area contributed by atoms with Gasteiger partial charge in [-0.1, -0.05) is 0 Å². The van der Waals surface area contributed by atoms with Crippen molar-refractivity contribution in [2.75, 3.05) is 6.54 Å². The molecule has 0 rings (SSSR count). The van der Waals surface area contributed by atoms with Crippen LogP contribution in [0.25, 0.3) is 0 Å². The Kier molecular flexibility index (Phi) is 10.3. The van der Waals surface area contributed by atoms with Crippen LogP contribution in [0.5, 0.6) is 0 Å². The van der Waals surface area contributed by atoms with E-state index in [9.17, 15) is 19.2 Å². The Hall–Kier alpha value is -2.52. The fourth-order valence-corrected chi connectivity index (χ4v) is 1.01. The number of amides is 2. The summed E-state index contributed by atoms with van der Waals surface area (Å²) >= 11 is 0. The molecule has 0 heterocycles. The Labute approximate surface area is 146 Å². The molecule has 0 aliphatic rings. The van der Waals surface area contributed by atoms with E-state index < -0.39 is 47.9 Å². The van der Waals surface area contributed by atoms with Crippen LogP contribution in [0.15, 0.2) is 0 Å². The number of carbonyl (C=O) groups is 4. The van der Waals surface area contributed by atoms with Gasteiger partial charge in [0.1, 0.15) is 23.8 Å². The summed E-state index contributed by atoms with van der Waals surface area (Å²) in [6.07, 6.45) is -1.44. The molecule has 0 aromatic carbocycles. The zero-order chi connectivity index (χ0) is 20.4. The number of aliphatic carboxylic acids is 2. The van der Waals surface area contributed by atoms with E-state index in [0.717, 1.165) is 0 Å². The average Bonchev–Trinajstić information content (AvgIpc) is 2.32. The smallest absolute Gasteiger partial charge is 0.408 e. The molecule has 2 amide bonds. The van der Waals surface area contributed by atoms with E-state index in [2.05, 4.69) is 10.6 Å². The second kappa shape index (κ2) is 10.4. The molecule has 0 radical (unpaired) electrons. The van der Waals surface area contributed by atoms with E-state index in [-0.39, 0.29) is 0 Å². The highest BCUT2D eigenvalue weighted by Crippen LogP contribution is 2.07. The normalized spacial score (nSPS) is 12.0. The van der Waals surface area contributed by atoms with Gasteiger partial charge in [-0.25, -0.2) is 9.59 Å². The Balaban J connectivity index is 0. The van der Waals surface area contributed by atoms with E-state index in [1.54, 1.807) is 41.5 Å². The van der Waals surface area contributed by atoms with Crippen LogP contribution in [0.1, 0.15) is 48.5 Å². The largest absolute Gasteiger partial charge is 0.480 e. The molecular formula is C15H28N2O8. The summed E-state index contributed by atoms with van der Waals surface area (Å²) in [4.78, 5) is 42.1. The first kappa shape index (κ1) is 24.7. The first-order valence-corrected chi connectivity index (χ1v) is 7.44. The van der Waals surface area contributed by atoms with Gasteiger partial charge in [-0.15, -0.1) is 0 Å². The van der Waals surface area contributed by atoms with Crippen molar-refractivity contribution in [2.24, 2.45) is 0 Å². The summed E-state index contributed by atoms with van der Waals surface area (Å²) in [5, 5.41) is 20.9. The number of hydrogen-bond donors (Lipinski definition) is 4. The molecule has 0 aliphatic carbocycles. The summed E-state index contributed by atoms with van der Waals surface area (Å²) in [6, 6.07) is -0.935. The van der Waals surface area contributed by atoms with E-state index in [1.165, 1.54) is 6.92 Å². The van der Waals surface area contributed by atoms with Crippen molar-refractivity contribution in [1.29, 1.82) is 0 Å². The van der Waals surface area contributed by atoms with Gasteiger partial charge < -0.3 is 30.3 Å². The molecule has 0 saturated heterocycles. The van der Waals surface area contributed by atoms with E-state index in [1.807, 2.05) is 0 Å². The highest BCUT2D eigenvalue weighted by atomic mass is 16.6. The minimum absolute atomic E-state index is 0.422. The van der Waals surface area contributed by atoms with Crippen LogP contribution in [-0.2, 0) is 19.1 Å². The molecule has 25 heavy (non-hydrogen) atoms. The molecule has 0 aliphatic heterocycles. The molecule has 0 unspecified atom stereocenters. The predicted molar refractivity (Wildman–Crippen MR) is 88.3 cm³/mol. The molecule has 0 fully saturated rings. The SMILES string of the molecule is CC(C)(C)OC(=O)NCC(=O)O.C[C@@H](NC(=O)OC(C)(C)C)C(=O)O. The van der Waals surface area contributed by atoms with Gasteiger partial charge >= 0.3 is 24.1 Å². The molecule has 10 heteroatoms. The first-order valence-electron chi connectivity index (χ1n) is 7.44. The number of alkyl carbamates (subject to hydrolysis) is 2. The quantitative estimate of drug-likeness (QED) is 0.587. The van der Waals surface area contributed by atoms with Crippen LogP contribution in [-0.4, -0.2) is 58.1 Å². The third-order valence-electron chi connectivity index (χ3n) is 1.89. The molecule has 1 atom stereocenters. The van der Waals surface area contributed by atoms with Crippen molar-refractivity contribution in [3.63, 3.8) is 0 Å². The lowest BCUT2D eigenvalue weighted by Crippen LogP contribution is -2.41. The van der Waals surface area contributed by atoms with Gasteiger partial charge in [-0.05, 0) is 48.5 Å². The van der Waals surface area contributed by atoms with Crippen molar-refractivity contribution in [3.8, 4) is 0 Å². The number of carboxylic acid groups (broad SMARTS) is 2. The number of carbonyl (C=O) groups excluding carboxylic acids is 2. The van der Waals surface area contributed by atoms with E-state index in [0.29, 0.717) is 0 Å². The zero-order valence-corrected chi connectivity index (χ0v) is 15.6. The van der Waals surface area contributed by atoms with Crippen LogP contribution < -0.4 is 10.6 Å². The Morgan fingerprint density at radius 1 is 0.880 bits per heavy atom. The molecular weight excluding hydrogens is 336 g/mol. The van der Waals surface area contributed by atoms with Crippen molar-refractivity contribution in [1.82, 2.24) is 10.6 Å². The highest BCUT2D eigenvalue weighted by molar-refractivity contribution is 5.79. The van der Waals surface area contributed by atoms with Crippen molar-refractivity contribution in [2.45, 2.75) is 65.7 Å². The van der Waals surface area contributed by atoms with Gasteiger partial charge in [0.25, 0.3) is 0 Å². The first-order chi connectivity index (χ1) is 11.0. The Bertz CT molecular complexity index is 477. The fourth-order valence-electron chi connectivity index (χ4n) is 1.01. The van der Waals surface area contributed by atoms with Crippen molar-refractivity contribution in [3.05, 3.63) is 0 Å². The lowest BCUT2D eigenvalue weighted by molar-refractivity contribution is -0.139. The molecule has 0 aromatic rings. The van der Waals surface area contributed by atoms with Crippen LogP contribution in [0.4, 0.5) is 9.59 Å². The predicted octanol–water partition coefficient (Wildman–Crippen LogP) is 1.58. The van der Waals surface area contributed by atoms with Gasteiger partial charge in [0, 0.05) is 0 Å². The lowest BCUT2D eigenvalue weighted by Gasteiger charge is -2.20. The van der Waals surface area contributed by atoms with Gasteiger partial charge in [-0.2, -0.15) is 0 Å². The van der Waals surface area contributed by atoms with Crippen molar-refractivity contribution >= 4 is 24.1 Å². The number of carboxylic acids is 2. The number of nitrogens with one attached hydrogen (secondary N) is 2. The monoisotopic (exact) mass is 364 g/mol. The Morgan fingerprint density at radius 3 is 1.60 bits per heavy atom. The number of rotatable bonds is 4. The molecule has 4 N–H and O–H groups in total. The van der Waals surface area contributed by atoms with E-state index >= 15 is 0 Å². The lowest BCUT2D eigenvalue weighted by atomic mass is 10.2. The van der Waals surface area contributed by atoms with Gasteiger partial charge in [0.15, 0.2) is 0 Å². The Morgan fingerprint density at radius 2 is 1.28 bits per heavy atom. The molecule has 0 aromatic heterocycles. The molecule has 0 bridgehead atoms. The van der Waals surface area contributed by atoms with Gasteiger partial charge in [0.05, 0.1) is 0 Å². The average molecular weight is 364 g/mol. The summed E-state index contributed by atoms with van der Waals surface area (Å²) in [7, 11) is 0. The second-order valence-corrected chi connectivity index (χ2v) is 6.96. The maximum absolute atomic E-state index is 11.0. The zero-order valence-electron chi connectivity index (χ0n) is 15.6. The minimum atomic E-state index is -1.10. The molecule has 146 valence electrons. The van der Waals surface area contributed by atoms with Crippen LogP contribution in [0, 0.1) is 0 Å². The van der Waals surface area contributed by atoms with Gasteiger partial charge in [0.2, 0.25) is 0 Å². The standard InChI is InChI=1S/C8H15NO4.C7H13NO4/c1-5(6(10)11)9-7(12)13-8(2,3)4;1-7(2,3)12-6(11)8-4-5(9)10/h5H,1-4H3,(H,9,12)(H,10,11);4H2,1-3H3,(H,8,11)(H,9,10)/t5-;/m1./s1. The maximum atomic E-state index is 11.0. The summed E-state index contributed by atoms with van der Waals surface area (Å²) in [6.45, 7) is 11.2.